The Hall–Kier alpha value is -1.88. The third-order valence-electron chi connectivity index (χ3n) is 4.35. The maximum absolute atomic E-state index is 12.2. The third-order valence-corrected chi connectivity index (χ3v) is 4.35. The summed E-state index contributed by atoms with van der Waals surface area (Å²) in [6.45, 7) is 6.79. The summed E-state index contributed by atoms with van der Waals surface area (Å²) >= 11 is 0. The molecule has 0 aliphatic carbocycles. The zero-order chi connectivity index (χ0) is 16.7. The highest BCUT2D eigenvalue weighted by molar-refractivity contribution is 5.94. The third kappa shape index (κ3) is 4.79. The zero-order valence-electron chi connectivity index (χ0n) is 14.1. The van der Waals surface area contributed by atoms with Crippen molar-refractivity contribution in [1.29, 1.82) is 0 Å². The molecule has 0 radical (unpaired) electrons. The number of piperidine rings is 1. The fourth-order valence-electron chi connectivity index (χ4n) is 2.85. The summed E-state index contributed by atoms with van der Waals surface area (Å²) in [5, 5.41) is 6.21. The molecule has 0 spiro atoms. The van der Waals surface area contributed by atoms with Crippen molar-refractivity contribution in [3.05, 3.63) is 35.4 Å². The lowest BCUT2D eigenvalue weighted by Gasteiger charge is -2.22. The van der Waals surface area contributed by atoms with Crippen LogP contribution in [0.3, 0.4) is 0 Å². The summed E-state index contributed by atoms with van der Waals surface area (Å²) in [5.74, 6) is 0.116. The maximum atomic E-state index is 12.2. The lowest BCUT2D eigenvalue weighted by molar-refractivity contribution is -0.123. The van der Waals surface area contributed by atoms with Gasteiger partial charge in [0.25, 0.3) is 5.91 Å². The first kappa shape index (κ1) is 17.5. The van der Waals surface area contributed by atoms with Crippen molar-refractivity contribution in [2.75, 3.05) is 19.6 Å². The summed E-state index contributed by atoms with van der Waals surface area (Å²) < 4.78 is 0. The number of nitrogens with one attached hydrogen (secondary N) is 2. The molecule has 2 amide bonds. The molecule has 1 saturated heterocycles. The van der Waals surface area contributed by atoms with Crippen LogP contribution in [0, 0.1) is 0 Å². The summed E-state index contributed by atoms with van der Waals surface area (Å²) in [6.07, 6.45) is 3.15. The van der Waals surface area contributed by atoms with Crippen LogP contribution >= 0.6 is 0 Å². The highest BCUT2D eigenvalue weighted by Crippen LogP contribution is 2.09. The number of carbonyl (C=O) groups excluding carboxylic acids is 2. The summed E-state index contributed by atoms with van der Waals surface area (Å²) in [4.78, 5) is 26.1. The lowest BCUT2D eigenvalue weighted by Crippen LogP contribution is -2.46. The first-order valence-corrected chi connectivity index (χ1v) is 8.55. The fraction of sp³-hybridized carbons (Fsp3) is 0.556. The van der Waals surface area contributed by atoms with Crippen LogP contribution < -0.4 is 10.6 Å². The number of amides is 2. The predicted octanol–water partition coefficient (Wildman–Crippen LogP) is 1.93. The van der Waals surface area contributed by atoms with Gasteiger partial charge in [-0.1, -0.05) is 18.6 Å². The van der Waals surface area contributed by atoms with Gasteiger partial charge >= 0.3 is 0 Å². The molecule has 1 fully saturated rings. The normalized spacial score (nSPS) is 17.6. The molecular formula is C18H27N3O2. The van der Waals surface area contributed by atoms with Gasteiger partial charge in [-0.2, -0.15) is 0 Å². The van der Waals surface area contributed by atoms with Gasteiger partial charge in [0.1, 0.15) is 0 Å². The summed E-state index contributed by atoms with van der Waals surface area (Å²) in [7, 11) is 0. The Balaban J connectivity index is 1.87. The van der Waals surface area contributed by atoms with Gasteiger partial charge in [-0.3, -0.25) is 9.59 Å². The van der Waals surface area contributed by atoms with E-state index < -0.39 is 0 Å². The van der Waals surface area contributed by atoms with Gasteiger partial charge in [0.05, 0.1) is 6.04 Å². The minimum absolute atomic E-state index is 0.0528. The minimum atomic E-state index is -0.0627. The number of rotatable bonds is 6. The largest absolute Gasteiger partial charge is 0.351 e. The highest BCUT2D eigenvalue weighted by Gasteiger charge is 2.20. The fourth-order valence-corrected chi connectivity index (χ4v) is 2.85. The smallest absolute Gasteiger partial charge is 0.253 e. The summed E-state index contributed by atoms with van der Waals surface area (Å²) in [6, 6.07) is 7.42. The number of hydrogen-bond donors (Lipinski definition) is 2. The van der Waals surface area contributed by atoms with Gasteiger partial charge in [0, 0.05) is 25.2 Å². The van der Waals surface area contributed by atoms with Crippen molar-refractivity contribution in [2.45, 2.75) is 45.7 Å². The van der Waals surface area contributed by atoms with Crippen molar-refractivity contribution in [3.8, 4) is 0 Å². The van der Waals surface area contributed by atoms with Crippen LogP contribution in [-0.4, -0.2) is 42.4 Å². The van der Waals surface area contributed by atoms with Crippen LogP contribution in [0.5, 0.6) is 0 Å². The van der Waals surface area contributed by atoms with Crippen molar-refractivity contribution in [2.24, 2.45) is 0 Å². The molecule has 1 aliphatic heterocycles. The molecule has 0 aromatic heterocycles. The van der Waals surface area contributed by atoms with E-state index in [0.29, 0.717) is 25.2 Å². The van der Waals surface area contributed by atoms with Crippen LogP contribution in [0.15, 0.2) is 24.3 Å². The SMILES string of the molecule is CCN(CC)C(=O)c1ccc(CNC(=O)C2CCCCN2)cc1. The molecule has 126 valence electrons. The topological polar surface area (TPSA) is 61.4 Å². The second kappa shape index (κ2) is 8.67. The van der Waals surface area contributed by atoms with Gasteiger partial charge in [-0.05, 0) is 50.9 Å². The molecule has 1 aromatic rings. The molecule has 0 saturated carbocycles. The zero-order valence-corrected chi connectivity index (χ0v) is 14.1. The van der Waals surface area contributed by atoms with Gasteiger partial charge in [0.2, 0.25) is 5.91 Å². The molecule has 2 N–H and O–H groups in total. The molecular weight excluding hydrogens is 290 g/mol. The van der Waals surface area contributed by atoms with Crippen molar-refractivity contribution >= 4 is 11.8 Å². The van der Waals surface area contributed by atoms with E-state index in [2.05, 4.69) is 10.6 Å². The Bertz CT molecular complexity index is 518. The van der Waals surface area contributed by atoms with Crippen molar-refractivity contribution < 1.29 is 9.59 Å². The Morgan fingerprint density at radius 3 is 2.43 bits per heavy atom. The summed E-state index contributed by atoms with van der Waals surface area (Å²) in [5.41, 5.74) is 1.70. The monoisotopic (exact) mass is 317 g/mol. The van der Waals surface area contributed by atoms with Crippen LogP contribution in [0.4, 0.5) is 0 Å². The van der Waals surface area contributed by atoms with E-state index >= 15 is 0 Å². The first-order chi connectivity index (χ1) is 11.2. The van der Waals surface area contributed by atoms with Crippen molar-refractivity contribution in [3.63, 3.8) is 0 Å². The molecule has 0 bridgehead atoms. The number of benzene rings is 1. The molecule has 1 aromatic carbocycles. The lowest BCUT2D eigenvalue weighted by atomic mass is 10.0. The van der Waals surface area contributed by atoms with E-state index in [-0.39, 0.29) is 17.9 Å². The maximum Gasteiger partial charge on any atom is 0.253 e. The van der Waals surface area contributed by atoms with Crippen LogP contribution in [0.1, 0.15) is 49.0 Å². The molecule has 5 heteroatoms. The van der Waals surface area contributed by atoms with E-state index in [1.807, 2.05) is 38.1 Å². The molecule has 1 atom stereocenters. The Morgan fingerprint density at radius 2 is 1.87 bits per heavy atom. The Labute approximate surface area is 138 Å². The van der Waals surface area contributed by atoms with Crippen LogP contribution in [0.25, 0.3) is 0 Å². The average molecular weight is 317 g/mol. The molecule has 1 unspecified atom stereocenters. The Kier molecular flexibility index (Phi) is 6.59. The van der Waals surface area contributed by atoms with E-state index in [1.54, 1.807) is 4.90 Å². The molecule has 2 rings (SSSR count). The quantitative estimate of drug-likeness (QED) is 0.843. The number of nitrogens with zero attached hydrogens (tertiary/aromatic N) is 1. The number of carbonyl (C=O) groups is 2. The molecule has 1 aliphatic rings. The Morgan fingerprint density at radius 1 is 1.17 bits per heavy atom. The van der Waals surface area contributed by atoms with E-state index in [9.17, 15) is 9.59 Å². The second-order valence-electron chi connectivity index (χ2n) is 5.89. The molecule has 23 heavy (non-hydrogen) atoms. The van der Waals surface area contributed by atoms with Gasteiger partial charge in [0.15, 0.2) is 0 Å². The minimum Gasteiger partial charge on any atom is -0.351 e. The van der Waals surface area contributed by atoms with Gasteiger partial charge in [-0.15, -0.1) is 0 Å². The number of hydrogen-bond acceptors (Lipinski definition) is 3. The van der Waals surface area contributed by atoms with E-state index in [1.165, 1.54) is 0 Å². The first-order valence-electron chi connectivity index (χ1n) is 8.55. The van der Waals surface area contributed by atoms with Crippen LogP contribution in [0.2, 0.25) is 0 Å². The van der Waals surface area contributed by atoms with Crippen molar-refractivity contribution in [1.82, 2.24) is 15.5 Å². The molecule has 5 nitrogen and oxygen atoms in total. The second-order valence-corrected chi connectivity index (χ2v) is 5.89. The van der Waals surface area contributed by atoms with E-state index in [0.717, 1.165) is 31.4 Å². The standard InChI is InChI=1S/C18H27N3O2/c1-3-21(4-2)18(23)15-10-8-14(9-11-15)13-20-17(22)16-7-5-6-12-19-16/h8-11,16,19H,3-7,12-13H2,1-2H3,(H,20,22). The highest BCUT2D eigenvalue weighted by atomic mass is 16.2. The average Bonchev–Trinajstić information content (AvgIpc) is 2.61. The predicted molar refractivity (Wildman–Crippen MR) is 91.2 cm³/mol. The van der Waals surface area contributed by atoms with E-state index in [4.69, 9.17) is 0 Å². The van der Waals surface area contributed by atoms with Gasteiger partial charge < -0.3 is 15.5 Å². The van der Waals surface area contributed by atoms with Crippen LogP contribution in [-0.2, 0) is 11.3 Å². The van der Waals surface area contributed by atoms with Gasteiger partial charge in [-0.25, -0.2) is 0 Å². The molecule has 1 heterocycles.